The normalized spacial score (nSPS) is 20.0. The van der Waals surface area contributed by atoms with Crippen LogP contribution in [0.2, 0.25) is 0 Å². The second-order valence-corrected chi connectivity index (χ2v) is 8.02. The third kappa shape index (κ3) is 2.62. The van der Waals surface area contributed by atoms with Gasteiger partial charge in [-0.15, -0.1) is 0 Å². The Labute approximate surface area is 126 Å². The highest BCUT2D eigenvalue weighted by Crippen LogP contribution is 2.40. The van der Waals surface area contributed by atoms with Gasteiger partial charge in [-0.2, -0.15) is 4.31 Å². The van der Waals surface area contributed by atoms with Crippen LogP contribution in [0.25, 0.3) is 0 Å². The van der Waals surface area contributed by atoms with E-state index in [0.717, 1.165) is 31.2 Å². The fraction of sp³-hybridized carbons (Fsp3) is 0.600. The van der Waals surface area contributed by atoms with E-state index < -0.39 is 10.0 Å². The van der Waals surface area contributed by atoms with Crippen molar-refractivity contribution in [2.75, 3.05) is 19.4 Å². The van der Waals surface area contributed by atoms with E-state index in [9.17, 15) is 8.42 Å². The highest BCUT2D eigenvalue weighted by molar-refractivity contribution is 7.89. The molecule has 0 saturated heterocycles. The molecule has 21 heavy (non-hydrogen) atoms. The molecule has 1 aromatic rings. The van der Waals surface area contributed by atoms with Crippen LogP contribution in [-0.4, -0.2) is 32.4 Å². The van der Waals surface area contributed by atoms with Gasteiger partial charge in [0, 0.05) is 18.8 Å². The van der Waals surface area contributed by atoms with E-state index in [4.69, 9.17) is 10.5 Å². The molecule has 1 aromatic carbocycles. The summed E-state index contributed by atoms with van der Waals surface area (Å²) >= 11 is 0. The molecule has 0 amide bonds. The first kappa shape index (κ1) is 14.7. The van der Waals surface area contributed by atoms with Gasteiger partial charge in [-0.05, 0) is 56.2 Å². The van der Waals surface area contributed by atoms with Gasteiger partial charge in [0.2, 0.25) is 10.0 Å². The summed E-state index contributed by atoms with van der Waals surface area (Å²) in [5.41, 5.74) is 7.26. The first-order chi connectivity index (χ1) is 9.91. The number of nitrogens with two attached hydrogens (primary N) is 1. The van der Waals surface area contributed by atoms with Gasteiger partial charge in [0.1, 0.15) is 10.6 Å². The minimum atomic E-state index is -3.58. The molecule has 116 valence electrons. The molecule has 0 radical (unpaired) electrons. The summed E-state index contributed by atoms with van der Waals surface area (Å²) in [5, 5.41) is 0. The molecule has 0 spiro atoms. The van der Waals surface area contributed by atoms with Crippen molar-refractivity contribution in [3.63, 3.8) is 0 Å². The lowest BCUT2D eigenvalue weighted by molar-refractivity contribution is 0.278. The molecule has 1 aliphatic carbocycles. The molecule has 6 heteroatoms. The Morgan fingerprint density at radius 1 is 1.38 bits per heavy atom. The molecular formula is C15H22N2O3S. The third-order valence-electron chi connectivity index (χ3n) is 4.53. The summed E-state index contributed by atoms with van der Waals surface area (Å²) in [4.78, 5) is 0.215. The van der Waals surface area contributed by atoms with Crippen LogP contribution in [-0.2, 0) is 16.4 Å². The van der Waals surface area contributed by atoms with E-state index in [0.29, 0.717) is 24.0 Å². The Balaban J connectivity index is 2.03. The number of nitrogen functional groups attached to an aromatic ring is 1. The minimum absolute atomic E-state index is 0.00988. The topological polar surface area (TPSA) is 72.6 Å². The lowest BCUT2D eigenvalue weighted by atomic mass is 10.1. The summed E-state index contributed by atoms with van der Waals surface area (Å²) in [6, 6.07) is 3.35. The van der Waals surface area contributed by atoms with Gasteiger partial charge in [-0.3, -0.25) is 0 Å². The van der Waals surface area contributed by atoms with Crippen LogP contribution in [0.5, 0.6) is 5.75 Å². The number of fused-ring (bicyclic) bond motifs is 1. The lowest BCUT2D eigenvalue weighted by Gasteiger charge is -2.27. The number of aryl methyl sites for hydroxylation is 1. The highest BCUT2D eigenvalue weighted by atomic mass is 32.2. The van der Waals surface area contributed by atoms with E-state index in [-0.39, 0.29) is 10.9 Å². The van der Waals surface area contributed by atoms with Crippen LogP contribution >= 0.6 is 0 Å². The van der Waals surface area contributed by atoms with Crippen LogP contribution in [0.15, 0.2) is 17.0 Å². The van der Waals surface area contributed by atoms with E-state index in [1.54, 1.807) is 7.05 Å². The van der Waals surface area contributed by atoms with E-state index in [1.807, 2.05) is 13.0 Å². The molecule has 1 saturated carbocycles. The number of ether oxygens (including phenoxy) is 1. The number of nitrogens with zero attached hydrogens (tertiary/aromatic N) is 1. The Bertz CT molecular complexity index is 653. The van der Waals surface area contributed by atoms with Crippen molar-refractivity contribution in [2.45, 2.75) is 43.5 Å². The SMILES string of the molecule is CC(C1CC1)N(C)S(=O)(=O)c1cc(N)cc2c1OCCC2. The van der Waals surface area contributed by atoms with Crippen molar-refractivity contribution in [1.29, 1.82) is 0 Å². The van der Waals surface area contributed by atoms with Gasteiger partial charge in [0.05, 0.1) is 6.61 Å². The Hall–Kier alpha value is -1.27. The average Bonchev–Trinajstić information content (AvgIpc) is 3.29. The van der Waals surface area contributed by atoms with Crippen LogP contribution in [0.1, 0.15) is 31.7 Å². The van der Waals surface area contributed by atoms with Crippen LogP contribution in [0, 0.1) is 5.92 Å². The molecule has 2 aliphatic rings. The smallest absolute Gasteiger partial charge is 0.246 e. The van der Waals surface area contributed by atoms with Gasteiger partial charge in [0.15, 0.2) is 0 Å². The van der Waals surface area contributed by atoms with Gasteiger partial charge < -0.3 is 10.5 Å². The number of anilines is 1. The van der Waals surface area contributed by atoms with E-state index in [1.165, 1.54) is 10.4 Å². The zero-order valence-electron chi connectivity index (χ0n) is 12.5. The molecule has 1 unspecified atom stereocenters. The molecule has 1 heterocycles. The van der Waals surface area contributed by atoms with Gasteiger partial charge in [-0.25, -0.2) is 8.42 Å². The Kier molecular flexibility index (Phi) is 3.61. The average molecular weight is 310 g/mol. The molecule has 3 rings (SSSR count). The predicted molar refractivity (Wildman–Crippen MR) is 81.8 cm³/mol. The summed E-state index contributed by atoms with van der Waals surface area (Å²) in [5.74, 6) is 0.966. The van der Waals surface area contributed by atoms with Gasteiger partial charge in [0.25, 0.3) is 0 Å². The van der Waals surface area contributed by atoms with Crippen LogP contribution < -0.4 is 10.5 Å². The number of hydrogen-bond donors (Lipinski definition) is 1. The maximum Gasteiger partial charge on any atom is 0.246 e. The first-order valence-corrected chi connectivity index (χ1v) is 8.88. The minimum Gasteiger partial charge on any atom is -0.492 e. The van der Waals surface area contributed by atoms with Crippen molar-refractivity contribution in [2.24, 2.45) is 5.92 Å². The summed E-state index contributed by atoms with van der Waals surface area (Å²) in [6.07, 6.45) is 3.91. The molecule has 1 fully saturated rings. The maximum absolute atomic E-state index is 12.9. The number of hydrogen-bond acceptors (Lipinski definition) is 4. The molecule has 1 atom stereocenters. The zero-order valence-corrected chi connectivity index (χ0v) is 13.3. The fourth-order valence-corrected chi connectivity index (χ4v) is 4.54. The fourth-order valence-electron chi connectivity index (χ4n) is 2.91. The molecular weight excluding hydrogens is 288 g/mol. The van der Waals surface area contributed by atoms with Crippen molar-refractivity contribution in [3.05, 3.63) is 17.7 Å². The van der Waals surface area contributed by atoms with Gasteiger partial charge >= 0.3 is 0 Å². The summed E-state index contributed by atoms with van der Waals surface area (Å²) in [7, 11) is -1.93. The Morgan fingerprint density at radius 2 is 2.10 bits per heavy atom. The number of rotatable bonds is 4. The van der Waals surface area contributed by atoms with Crippen molar-refractivity contribution >= 4 is 15.7 Å². The monoisotopic (exact) mass is 310 g/mol. The summed E-state index contributed by atoms with van der Waals surface area (Å²) in [6.45, 7) is 2.52. The number of benzene rings is 1. The Morgan fingerprint density at radius 3 is 2.76 bits per heavy atom. The number of sulfonamides is 1. The highest BCUT2D eigenvalue weighted by Gasteiger charge is 2.37. The van der Waals surface area contributed by atoms with Crippen LogP contribution in [0.3, 0.4) is 0 Å². The molecule has 2 N–H and O–H groups in total. The van der Waals surface area contributed by atoms with Gasteiger partial charge in [-0.1, -0.05) is 0 Å². The van der Waals surface area contributed by atoms with Crippen LogP contribution in [0.4, 0.5) is 5.69 Å². The lowest BCUT2D eigenvalue weighted by Crippen LogP contribution is -2.36. The second kappa shape index (κ2) is 5.18. The van der Waals surface area contributed by atoms with Crippen molar-refractivity contribution in [3.8, 4) is 5.75 Å². The van der Waals surface area contributed by atoms with E-state index in [2.05, 4.69) is 0 Å². The second-order valence-electron chi connectivity index (χ2n) is 6.06. The summed E-state index contributed by atoms with van der Waals surface area (Å²) < 4.78 is 33.0. The molecule has 0 bridgehead atoms. The zero-order chi connectivity index (χ0) is 15.2. The first-order valence-electron chi connectivity index (χ1n) is 7.44. The molecule has 1 aliphatic heterocycles. The maximum atomic E-state index is 12.9. The van der Waals surface area contributed by atoms with Crippen molar-refractivity contribution in [1.82, 2.24) is 4.31 Å². The van der Waals surface area contributed by atoms with E-state index >= 15 is 0 Å². The third-order valence-corrected chi connectivity index (χ3v) is 6.48. The largest absolute Gasteiger partial charge is 0.492 e. The molecule has 5 nitrogen and oxygen atoms in total. The molecule has 0 aromatic heterocycles. The predicted octanol–water partition coefficient (Wildman–Crippen LogP) is 2.01. The quantitative estimate of drug-likeness (QED) is 0.864. The standard InChI is InChI=1S/C15H22N2O3S/c1-10(11-5-6-11)17(2)21(18,19)14-9-13(16)8-12-4-3-7-20-15(12)14/h8-11H,3-7,16H2,1-2H3. The van der Waals surface area contributed by atoms with Crippen molar-refractivity contribution < 1.29 is 13.2 Å².